The van der Waals surface area contributed by atoms with Gasteiger partial charge in [-0.3, -0.25) is 0 Å². The zero-order valence-electron chi connectivity index (χ0n) is 8.12. The minimum absolute atomic E-state index is 0.0707. The largest absolute Gasteiger partial charge is 0.393 e. The molecule has 0 aliphatic heterocycles. The minimum atomic E-state index is -0.0707. The van der Waals surface area contributed by atoms with Gasteiger partial charge >= 0.3 is 0 Å². The lowest BCUT2D eigenvalue weighted by molar-refractivity contribution is 0.142. The average molecular weight is 255 g/mol. The van der Waals surface area contributed by atoms with Crippen molar-refractivity contribution in [2.24, 2.45) is 5.92 Å². The van der Waals surface area contributed by atoms with Crippen LogP contribution in [-0.2, 0) is 6.42 Å². The Hall–Kier alpha value is -0.340. The minimum Gasteiger partial charge on any atom is -0.393 e. The lowest BCUT2D eigenvalue weighted by Gasteiger charge is -2.08. The van der Waals surface area contributed by atoms with E-state index in [-0.39, 0.29) is 6.10 Å². The van der Waals surface area contributed by atoms with E-state index in [0.717, 1.165) is 17.3 Å². The first-order valence-corrected chi connectivity index (χ1v) is 5.97. The Bertz CT molecular complexity index is 290. The summed E-state index contributed by atoms with van der Waals surface area (Å²) in [6.07, 6.45) is 4.28. The number of halogens is 1. The molecule has 1 unspecified atom stereocenters. The van der Waals surface area contributed by atoms with E-state index >= 15 is 0 Å². The van der Waals surface area contributed by atoms with Gasteiger partial charge in [0.15, 0.2) is 0 Å². The fourth-order valence-corrected chi connectivity index (χ4v) is 1.95. The summed E-state index contributed by atoms with van der Waals surface area (Å²) in [5, 5.41) is 9.70. The summed E-state index contributed by atoms with van der Waals surface area (Å²) < 4.78 is 1.11. The SMILES string of the molecule is OC(CCc1ccc(Br)cc1)C1CC1. The van der Waals surface area contributed by atoms with E-state index in [1.807, 2.05) is 0 Å². The van der Waals surface area contributed by atoms with Crippen molar-refractivity contribution in [1.82, 2.24) is 0 Å². The third-order valence-corrected chi connectivity index (χ3v) is 3.34. The van der Waals surface area contributed by atoms with Crippen LogP contribution in [0.2, 0.25) is 0 Å². The molecule has 1 atom stereocenters. The standard InChI is InChI=1S/C12H15BrO/c13-11-6-1-9(2-7-11)3-8-12(14)10-4-5-10/h1-2,6-7,10,12,14H,3-5,8H2. The van der Waals surface area contributed by atoms with Crippen LogP contribution < -0.4 is 0 Å². The van der Waals surface area contributed by atoms with Crippen LogP contribution in [0.15, 0.2) is 28.7 Å². The molecule has 76 valence electrons. The Balaban J connectivity index is 1.82. The third kappa shape index (κ3) is 2.82. The second-order valence-electron chi connectivity index (χ2n) is 4.07. The average Bonchev–Trinajstić information content (AvgIpc) is 3.00. The Morgan fingerprint density at radius 2 is 1.93 bits per heavy atom. The van der Waals surface area contributed by atoms with Gasteiger partial charge in [0.1, 0.15) is 0 Å². The molecule has 0 aromatic heterocycles. The number of aliphatic hydroxyl groups is 1. The third-order valence-electron chi connectivity index (χ3n) is 2.81. The lowest BCUT2D eigenvalue weighted by Crippen LogP contribution is -2.09. The number of benzene rings is 1. The predicted octanol–water partition coefficient (Wildman–Crippen LogP) is 3.15. The van der Waals surface area contributed by atoms with E-state index in [2.05, 4.69) is 40.2 Å². The predicted molar refractivity (Wildman–Crippen MR) is 61.2 cm³/mol. The van der Waals surface area contributed by atoms with E-state index in [1.54, 1.807) is 0 Å². The number of hydrogen-bond donors (Lipinski definition) is 1. The molecule has 1 aromatic carbocycles. The normalized spacial score (nSPS) is 18.1. The van der Waals surface area contributed by atoms with Gasteiger partial charge in [-0.05, 0) is 49.3 Å². The molecule has 2 heteroatoms. The maximum absolute atomic E-state index is 9.70. The van der Waals surface area contributed by atoms with Gasteiger partial charge in [0, 0.05) is 4.47 Å². The number of rotatable bonds is 4. The highest BCUT2D eigenvalue weighted by Crippen LogP contribution is 2.34. The molecule has 0 heterocycles. The summed E-state index contributed by atoms with van der Waals surface area (Å²) in [6.45, 7) is 0. The second-order valence-corrected chi connectivity index (χ2v) is 4.99. The van der Waals surface area contributed by atoms with Crippen LogP contribution in [0.3, 0.4) is 0 Å². The van der Waals surface area contributed by atoms with Crippen molar-refractivity contribution in [1.29, 1.82) is 0 Å². The maximum Gasteiger partial charge on any atom is 0.0571 e. The molecule has 0 bridgehead atoms. The topological polar surface area (TPSA) is 20.2 Å². The van der Waals surface area contributed by atoms with Crippen molar-refractivity contribution in [3.8, 4) is 0 Å². The van der Waals surface area contributed by atoms with E-state index in [1.165, 1.54) is 18.4 Å². The number of aliphatic hydroxyl groups excluding tert-OH is 1. The van der Waals surface area contributed by atoms with E-state index in [9.17, 15) is 5.11 Å². The lowest BCUT2D eigenvalue weighted by atomic mass is 10.0. The van der Waals surface area contributed by atoms with Crippen LogP contribution in [0.4, 0.5) is 0 Å². The molecule has 1 saturated carbocycles. The molecular weight excluding hydrogens is 240 g/mol. The Labute approximate surface area is 93.3 Å². The summed E-state index contributed by atoms with van der Waals surface area (Å²) in [4.78, 5) is 0. The quantitative estimate of drug-likeness (QED) is 0.876. The molecule has 0 spiro atoms. The molecule has 1 aliphatic rings. The molecule has 1 nitrogen and oxygen atoms in total. The van der Waals surface area contributed by atoms with Gasteiger partial charge in [0.25, 0.3) is 0 Å². The van der Waals surface area contributed by atoms with Crippen molar-refractivity contribution in [3.63, 3.8) is 0 Å². The van der Waals surface area contributed by atoms with Gasteiger partial charge in [-0.2, -0.15) is 0 Å². The molecule has 1 aliphatic carbocycles. The van der Waals surface area contributed by atoms with Crippen LogP contribution in [0.1, 0.15) is 24.8 Å². The molecular formula is C12H15BrO. The highest BCUT2D eigenvalue weighted by Gasteiger charge is 2.28. The Morgan fingerprint density at radius 1 is 1.29 bits per heavy atom. The molecule has 1 aromatic rings. The second kappa shape index (κ2) is 4.45. The molecule has 14 heavy (non-hydrogen) atoms. The van der Waals surface area contributed by atoms with Crippen molar-refractivity contribution in [2.45, 2.75) is 31.8 Å². The summed E-state index contributed by atoms with van der Waals surface area (Å²) in [5.41, 5.74) is 1.31. The van der Waals surface area contributed by atoms with Crippen LogP contribution in [0.25, 0.3) is 0 Å². The first-order valence-electron chi connectivity index (χ1n) is 5.18. The summed E-state index contributed by atoms with van der Waals surface area (Å²) in [7, 11) is 0. The fraction of sp³-hybridized carbons (Fsp3) is 0.500. The molecule has 0 saturated heterocycles. The van der Waals surface area contributed by atoms with Crippen molar-refractivity contribution in [3.05, 3.63) is 34.3 Å². The maximum atomic E-state index is 9.70. The molecule has 2 rings (SSSR count). The zero-order valence-corrected chi connectivity index (χ0v) is 9.70. The van der Waals surface area contributed by atoms with E-state index in [0.29, 0.717) is 5.92 Å². The smallest absolute Gasteiger partial charge is 0.0571 e. The van der Waals surface area contributed by atoms with E-state index < -0.39 is 0 Å². The van der Waals surface area contributed by atoms with Crippen LogP contribution in [0.5, 0.6) is 0 Å². The van der Waals surface area contributed by atoms with Gasteiger partial charge in [-0.15, -0.1) is 0 Å². The van der Waals surface area contributed by atoms with Gasteiger partial charge < -0.3 is 5.11 Å². The van der Waals surface area contributed by atoms with Gasteiger partial charge in [-0.25, -0.2) is 0 Å². The molecule has 1 N–H and O–H groups in total. The van der Waals surface area contributed by atoms with Crippen molar-refractivity contribution < 1.29 is 5.11 Å². The van der Waals surface area contributed by atoms with Crippen LogP contribution >= 0.6 is 15.9 Å². The first kappa shape index (κ1) is 10.2. The highest BCUT2D eigenvalue weighted by molar-refractivity contribution is 9.10. The van der Waals surface area contributed by atoms with Crippen LogP contribution in [0, 0.1) is 5.92 Å². The van der Waals surface area contributed by atoms with Gasteiger partial charge in [0.05, 0.1) is 6.10 Å². The Kier molecular flexibility index (Phi) is 3.24. The van der Waals surface area contributed by atoms with Crippen molar-refractivity contribution >= 4 is 15.9 Å². The molecule has 1 fully saturated rings. The fourth-order valence-electron chi connectivity index (χ4n) is 1.68. The Morgan fingerprint density at radius 3 is 2.50 bits per heavy atom. The summed E-state index contributed by atoms with van der Waals surface area (Å²) >= 11 is 3.41. The highest BCUT2D eigenvalue weighted by atomic mass is 79.9. The monoisotopic (exact) mass is 254 g/mol. The van der Waals surface area contributed by atoms with Crippen molar-refractivity contribution in [2.75, 3.05) is 0 Å². The zero-order chi connectivity index (χ0) is 9.97. The summed E-state index contributed by atoms with van der Waals surface area (Å²) in [5.74, 6) is 0.602. The van der Waals surface area contributed by atoms with E-state index in [4.69, 9.17) is 0 Å². The summed E-state index contributed by atoms with van der Waals surface area (Å²) in [6, 6.07) is 8.34. The first-order chi connectivity index (χ1) is 6.75. The molecule has 0 amide bonds. The van der Waals surface area contributed by atoms with Crippen LogP contribution in [-0.4, -0.2) is 11.2 Å². The molecule has 0 radical (unpaired) electrons. The van der Waals surface area contributed by atoms with Gasteiger partial charge in [0.2, 0.25) is 0 Å². The number of hydrogen-bond acceptors (Lipinski definition) is 1. The van der Waals surface area contributed by atoms with Gasteiger partial charge in [-0.1, -0.05) is 28.1 Å². The number of aryl methyl sites for hydroxylation is 1.